The quantitative estimate of drug-likeness (QED) is 0.490. The number of carbonyl (C=O) groups excluding carboxylic acids is 1. The third-order valence-electron chi connectivity index (χ3n) is 4.42. The van der Waals surface area contributed by atoms with Crippen molar-refractivity contribution < 1.29 is 4.79 Å². The van der Waals surface area contributed by atoms with E-state index in [1.165, 1.54) is 34.2 Å². The standard InChI is InChI=1S/C18H18N4OS2/c1-12(17(23)15-8-7-13-4-2-5-14(13)10-15)25-18-19-20-21-22(18)11-16-6-3-9-24-16/h3,6-10,12H,2,4-5,11H2,1H3/t12-/m1/s1. The lowest BCUT2D eigenvalue weighted by Crippen LogP contribution is -2.15. The molecule has 0 radical (unpaired) electrons. The first-order valence-corrected chi connectivity index (χ1v) is 10.1. The molecular formula is C18H18N4OS2. The smallest absolute Gasteiger partial charge is 0.210 e. The maximum atomic E-state index is 12.8. The highest BCUT2D eigenvalue weighted by atomic mass is 32.2. The molecule has 1 aliphatic rings. The second-order valence-electron chi connectivity index (χ2n) is 6.16. The summed E-state index contributed by atoms with van der Waals surface area (Å²) in [5, 5.41) is 14.4. The molecule has 1 aromatic carbocycles. The predicted molar refractivity (Wildman–Crippen MR) is 99.4 cm³/mol. The van der Waals surface area contributed by atoms with E-state index < -0.39 is 0 Å². The molecule has 4 rings (SSSR count). The summed E-state index contributed by atoms with van der Waals surface area (Å²) in [4.78, 5) is 14.0. The first-order chi connectivity index (χ1) is 12.2. The Bertz CT molecular complexity index is 888. The Kier molecular flexibility index (Phi) is 4.67. The van der Waals surface area contributed by atoms with Gasteiger partial charge in [0.2, 0.25) is 5.16 Å². The van der Waals surface area contributed by atoms with Crippen molar-refractivity contribution in [3.63, 3.8) is 0 Å². The van der Waals surface area contributed by atoms with E-state index in [9.17, 15) is 4.79 Å². The van der Waals surface area contributed by atoms with Crippen molar-refractivity contribution in [1.29, 1.82) is 0 Å². The summed E-state index contributed by atoms with van der Waals surface area (Å²) in [5.41, 5.74) is 3.50. The van der Waals surface area contributed by atoms with Crippen LogP contribution in [0.15, 0.2) is 40.9 Å². The number of benzene rings is 1. The minimum Gasteiger partial charge on any atom is -0.293 e. The molecule has 0 saturated carbocycles. The number of tetrazole rings is 1. The largest absolute Gasteiger partial charge is 0.293 e. The van der Waals surface area contributed by atoms with Gasteiger partial charge in [0.05, 0.1) is 11.8 Å². The van der Waals surface area contributed by atoms with Gasteiger partial charge in [-0.3, -0.25) is 4.79 Å². The predicted octanol–water partition coefficient (Wildman–Crippen LogP) is 3.64. The molecule has 1 atom stereocenters. The highest BCUT2D eigenvalue weighted by Gasteiger charge is 2.22. The van der Waals surface area contributed by atoms with Crippen LogP contribution in [0.3, 0.4) is 0 Å². The second-order valence-corrected chi connectivity index (χ2v) is 8.50. The van der Waals surface area contributed by atoms with Crippen LogP contribution in [-0.4, -0.2) is 31.2 Å². The topological polar surface area (TPSA) is 60.7 Å². The van der Waals surface area contributed by atoms with Gasteiger partial charge in [-0.1, -0.05) is 30.0 Å². The van der Waals surface area contributed by atoms with Gasteiger partial charge in [0.1, 0.15) is 0 Å². The maximum absolute atomic E-state index is 12.8. The first-order valence-electron chi connectivity index (χ1n) is 8.32. The van der Waals surface area contributed by atoms with Gasteiger partial charge in [0, 0.05) is 10.4 Å². The number of hydrogen-bond acceptors (Lipinski definition) is 6. The van der Waals surface area contributed by atoms with Crippen molar-refractivity contribution in [1.82, 2.24) is 20.2 Å². The number of carbonyl (C=O) groups is 1. The van der Waals surface area contributed by atoms with Crippen LogP contribution in [0.4, 0.5) is 0 Å². The molecule has 2 heterocycles. The molecular weight excluding hydrogens is 352 g/mol. The summed E-state index contributed by atoms with van der Waals surface area (Å²) in [7, 11) is 0. The van der Waals surface area contributed by atoms with Crippen LogP contribution in [0.25, 0.3) is 0 Å². The highest BCUT2D eigenvalue weighted by molar-refractivity contribution is 8.00. The van der Waals surface area contributed by atoms with Crippen molar-refractivity contribution in [2.24, 2.45) is 0 Å². The first kappa shape index (κ1) is 16.5. The van der Waals surface area contributed by atoms with Crippen LogP contribution in [0.1, 0.15) is 39.7 Å². The molecule has 1 aliphatic carbocycles. The third kappa shape index (κ3) is 3.52. The molecule has 3 aromatic rings. The van der Waals surface area contributed by atoms with Gasteiger partial charge in [-0.25, -0.2) is 4.68 Å². The number of fused-ring (bicyclic) bond motifs is 1. The molecule has 25 heavy (non-hydrogen) atoms. The number of thioether (sulfide) groups is 1. The molecule has 0 spiro atoms. The van der Waals surface area contributed by atoms with Crippen LogP contribution in [0.5, 0.6) is 0 Å². The number of aryl methyl sites for hydroxylation is 2. The monoisotopic (exact) mass is 370 g/mol. The normalized spacial score (nSPS) is 14.4. The highest BCUT2D eigenvalue weighted by Crippen LogP contribution is 2.27. The van der Waals surface area contributed by atoms with E-state index in [1.807, 2.05) is 24.4 Å². The lowest BCUT2D eigenvalue weighted by atomic mass is 10.0. The molecule has 0 amide bonds. The molecule has 128 valence electrons. The molecule has 2 aromatic heterocycles. The number of hydrogen-bond donors (Lipinski definition) is 0. The molecule has 5 nitrogen and oxygen atoms in total. The summed E-state index contributed by atoms with van der Waals surface area (Å²) in [6.45, 7) is 2.55. The average molecular weight is 371 g/mol. The molecule has 0 unspecified atom stereocenters. The van der Waals surface area contributed by atoms with Crippen molar-refractivity contribution in [3.05, 3.63) is 57.3 Å². The van der Waals surface area contributed by atoms with Crippen molar-refractivity contribution in [2.45, 2.75) is 43.1 Å². The Hall–Kier alpha value is -1.99. The van der Waals surface area contributed by atoms with E-state index in [4.69, 9.17) is 0 Å². The lowest BCUT2D eigenvalue weighted by Gasteiger charge is -2.11. The van der Waals surface area contributed by atoms with E-state index in [2.05, 4.69) is 33.7 Å². The number of Topliss-reactive ketones (excluding diaryl/α,β-unsaturated/α-hetero) is 1. The summed E-state index contributed by atoms with van der Waals surface area (Å²) in [5.74, 6) is 0.130. The fraction of sp³-hybridized carbons (Fsp3) is 0.333. The van der Waals surface area contributed by atoms with Crippen LogP contribution >= 0.6 is 23.1 Å². The van der Waals surface area contributed by atoms with Crippen LogP contribution in [0.2, 0.25) is 0 Å². The number of nitrogens with zero attached hydrogens (tertiary/aromatic N) is 4. The van der Waals surface area contributed by atoms with Crippen LogP contribution in [0, 0.1) is 0 Å². The number of thiophene rings is 1. The number of aromatic nitrogens is 4. The Morgan fingerprint density at radius 2 is 2.20 bits per heavy atom. The Morgan fingerprint density at radius 3 is 3.04 bits per heavy atom. The van der Waals surface area contributed by atoms with E-state index in [0.29, 0.717) is 11.7 Å². The van der Waals surface area contributed by atoms with E-state index >= 15 is 0 Å². The van der Waals surface area contributed by atoms with E-state index in [1.54, 1.807) is 16.0 Å². The minimum absolute atomic E-state index is 0.130. The Balaban J connectivity index is 1.48. The zero-order valence-corrected chi connectivity index (χ0v) is 15.5. The van der Waals surface area contributed by atoms with E-state index in [-0.39, 0.29) is 11.0 Å². The number of rotatable bonds is 6. The van der Waals surface area contributed by atoms with Crippen LogP contribution < -0.4 is 0 Å². The second kappa shape index (κ2) is 7.09. The maximum Gasteiger partial charge on any atom is 0.210 e. The van der Waals surface area contributed by atoms with Gasteiger partial charge in [-0.2, -0.15) is 0 Å². The number of ketones is 1. The molecule has 0 fully saturated rings. The lowest BCUT2D eigenvalue weighted by molar-refractivity contribution is 0.0993. The Labute approximate surface area is 154 Å². The van der Waals surface area contributed by atoms with Crippen molar-refractivity contribution in [3.8, 4) is 0 Å². The van der Waals surface area contributed by atoms with Gasteiger partial charge >= 0.3 is 0 Å². The van der Waals surface area contributed by atoms with Gasteiger partial charge in [0.15, 0.2) is 5.78 Å². The summed E-state index contributed by atoms with van der Waals surface area (Å²) < 4.78 is 1.75. The summed E-state index contributed by atoms with van der Waals surface area (Å²) in [6, 6.07) is 10.2. The molecule has 0 bridgehead atoms. The zero-order valence-electron chi connectivity index (χ0n) is 13.9. The fourth-order valence-corrected chi connectivity index (χ4v) is 4.65. The molecule has 0 aliphatic heterocycles. The molecule has 0 saturated heterocycles. The van der Waals surface area contributed by atoms with Gasteiger partial charge in [-0.05, 0) is 65.3 Å². The van der Waals surface area contributed by atoms with Crippen LogP contribution in [-0.2, 0) is 19.4 Å². The van der Waals surface area contributed by atoms with Crippen molar-refractivity contribution in [2.75, 3.05) is 0 Å². The summed E-state index contributed by atoms with van der Waals surface area (Å²) in [6.07, 6.45) is 3.40. The Morgan fingerprint density at radius 1 is 1.32 bits per heavy atom. The van der Waals surface area contributed by atoms with Gasteiger partial charge in [0.25, 0.3) is 0 Å². The minimum atomic E-state index is -0.229. The third-order valence-corrected chi connectivity index (χ3v) is 6.35. The van der Waals surface area contributed by atoms with Gasteiger partial charge in [-0.15, -0.1) is 16.4 Å². The average Bonchev–Trinajstić information content (AvgIpc) is 3.36. The summed E-state index contributed by atoms with van der Waals surface area (Å²) >= 11 is 3.09. The molecule has 0 N–H and O–H groups in total. The fourth-order valence-electron chi connectivity index (χ4n) is 3.10. The zero-order chi connectivity index (χ0) is 17.2. The van der Waals surface area contributed by atoms with Crippen molar-refractivity contribution >= 4 is 28.9 Å². The molecule has 7 heteroatoms. The van der Waals surface area contributed by atoms with E-state index in [0.717, 1.165) is 18.4 Å². The van der Waals surface area contributed by atoms with Gasteiger partial charge < -0.3 is 0 Å². The SMILES string of the molecule is C[C@@H](Sc1nnnn1Cc1cccs1)C(=O)c1ccc2c(c1)CCC2.